The summed E-state index contributed by atoms with van der Waals surface area (Å²) < 4.78 is 5.95. The van der Waals surface area contributed by atoms with Gasteiger partial charge in [-0.1, -0.05) is 18.1 Å². The van der Waals surface area contributed by atoms with Crippen molar-refractivity contribution in [3.8, 4) is 23.6 Å². The zero-order chi connectivity index (χ0) is 17.2. The van der Waals surface area contributed by atoms with Gasteiger partial charge < -0.3 is 9.72 Å². The summed E-state index contributed by atoms with van der Waals surface area (Å²) in [5.41, 5.74) is 2.89. The van der Waals surface area contributed by atoms with E-state index < -0.39 is 0 Å². The van der Waals surface area contributed by atoms with E-state index in [-0.39, 0.29) is 5.60 Å². The highest BCUT2D eigenvalue weighted by molar-refractivity contribution is 5.59. The van der Waals surface area contributed by atoms with E-state index in [0.717, 1.165) is 35.6 Å². The van der Waals surface area contributed by atoms with E-state index in [4.69, 9.17) is 11.2 Å². The fourth-order valence-electron chi connectivity index (χ4n) is 2.97. The average molecular weight is 323 g/mol. The summed E-state index contributed by atoms with van der Waals surface area (Å²) in [6, 6.07) is 8.26. The molecule has 1 saturated heterocycles. The number of benzene rings is 1. The fraction of sp³-hybridized carbons (Fsp3) is 0.450. The Morgan fingerprint density at radius 1 is 1.33 bits per heavy atom. The van der Waals surface area contributed by atoms with Crippen molar-refractivity contribution in [1.29, 1.82) is 0 Å². The summed E-state index contributed by atoms with van der Waals surface area (Å²) in [6.07, 6.45) is 9.60. The minimum atomic E-state index is -0.125. The van der Waals surface area contributed by atoms with Gasteiger partial charge in [-0.25, -0.2) is 4.98 Å². The van der Waals surface area contributed by atoms with E-state index in [0.29, 0.717) is 12.8 Å². The van der Waals surface area contributed by atoms with Gasteiger partial charge in [0.1, 0.15) is 12.6 Å². The van der Waals surface area contributed by atoms with Crippen LogP contribution in [-0.2, 0) is 4.74 Å². The van der Waals surface area contributed by atoms with Crippen LogP contribution in [0.5, 0.6) is 0 Å². The quantitative estimate of drug-likeness (QED) is 0.866. The highest BCUT2D eigenvalue weighted by Gasteiger charge is 2.29. The lowest BCUT2D eigenvalue weighted by molar-refractivity contribution is -0.0682. The molecule has 24 heavy (non-hydrogen) atoms. The monoisotopic (exact) mass is 323 g/mol. The van der Waals surface area contributed by atoms with Gasteiger partial charge in [0.25, 0.3) is 0 Å². The van der Waals surface area contributed by atoms with Gasteiger partial charge in [-0.2, -0.15) is 0 Å². The Morgan fingerprint density at radius 2 is 2.08 bits per heavy atom. The third-order valence-electron chi connectivity index (χ3n) is 4.30. The molecule has 0 unspecified atom stereocenters. The Bertz CT molecular complexity index is 719. The lowest BCUT2D eigenvalue weighted by Crippen LogP contribution is -2.32. The molecular weight excluding hydrogens is 298 g/mol. The summed E-state index contributed by atoms with van der Waals surface area (Å²) >= 11 is 0. The van der Waals surface area contributed by atoms with Crippen LogP contribution in [0.2, 0.25) is 0 Å². The van der Waals surface area contributed by atoms with Crippen molar-refractivity contribution >= 4 is 0 Å². The van der Waals surface area contributed by atoms with Gasteiger partial charge in [-0.3, -0.25) is 4.90 Å². The van der Waals surface area contributed by atoms with Gasteiger partial charge in [0, 0.05) is 12.1 Å². The predicted molar refractivity (Wildman–Crippen MR) is 96.3 cm³/mol. The number of imidazole rings is 1. The second kappa shape index (κ2) is 6.80. The normalized spacial score (nSPS) is 18.7. The Balaban J connectivity index is 1.73. The Labute approximate surface area is 144 Å². The molecule has 126 valence electrons. The minimum absolute atomic E-state index is 0.125. The minimum Gasteiger partial charge on any atom is -0.360 e. The standard InChI is InChI=1S/C20H25N3O/c1-5-15-8-10-16(11-9-15)17-13-21-19(22-17)18-7-6-12-23(18)14-24-20(2,3)4/h1,8-11,13,18H,6-7,12,14H2,2-4H3,(H,21,22)/t18-/m0/s1. The number of hydrogen-bond donors (Lipinski definition) is 1. The maximum Gasteiger partial charge on any atom is 0.124 e. The van der Waals surface area contributed by atoms with Gasteiger partial charge in [0.15, 0.2) is 0 Å². The average Bonchev–Trinajstić information content (AvgIpc) is 3.21. The van der Waals surface area contributed by atoms with E-state index in [1.54, 1.807) is 0 Å². The number of likely N-dealkylation sites (tertiary alicyclic amines) is 1. The summed E-state index contributed by atoms with van der Waals surface area (Å²) in [4.78, 5) is 10.5. The Morgan fingerprint density at radius 3 is 2.75 bits per heavy atom. The molecule has 0 aliphatic carbocycles. The lowest BCUT2D eigenvalue weighted by atomic mass is 10.1. The third-order valence-corrected chi connectivity index (χ3v) is 4.30. The second-order valence-electron chi connectivity index (χ2n) is 7.26. The number of terminal acetylenes is 1. The molecule has 4 nitrogen and oxygen atoms in total. The number of hydrogen-bond acceptors (Lipinski definition) is 3. The van der Waals surface area contributed by atoms with Crippen LogP contribution in [0.25, 0.3) is 11.3 Å². The first-order valence-corrected chi connectivity index (χ1v) is 8.46. The van der Waals surface area contributed by atoms with Gasteiger partial charge in [-0.05, 0) is 51.3 Å². The van der Waals surface area contributed by atoms with E-state index >= 15 is 0 Å². The maximum absolute atomic E-state index is 5.95. The molecule has 0 saturated carbocycles. The van der Waals surface area contributed by atoms with Crippen molar-refractivity contribution < 1.29 is 4.74 Å². The van der Waals surface area contributed by atoms with Crippen LogP contribution in [0.15, 0.2) is 30.5 Å². The summed E-state index contributed by atoms with van der Waals surface area (Å²) in [5, 5.41) is 0. The number of nitrogens with one attached hydrogen (secondary N) is 1. The maximum atomic E-state index is 5.95. The molecule has 1 aromatic carbocycles. The van der Waals surface area contributed by atoms with Crippen LogP contribution in [0.1, 0.15) is 51.0 Å². The zero-order valence-corrected chi connectivity index (χ0v) is 14.7. The van der Waals surface area contributed by atoms with E-state index in [1.807, 2.05) is 30.5 Å². The first-order chi connectivity index (χ1) is 11.5. The summed E-state index contributed by atoms with van der Waals surface area (Å²) in [7, 11) is 0. The van der Waals surface area contributed by atoms with E-state index in [1.165, 1.54) is 6.42 Å². The van der Waals surface area contributed by atoms with E-state index in [9.17, 15) is 0 Å². The Kier molecular flexibility index (Phi) is 4.75. The van der Waals surface area contributed by atoms with Crippen LogP contribution >= 0.6 is 0 Å². The smallest absolute Gasteiger partial charge is 0.124 e. The number of nitrogens with zero attached hydrogens (tertiary/aromatic N) is 2. The van der Waals surface area contributed by atoms with Crippen molar-refractivity contribution in [2.24, 2.45) is 0 Å². The molecule has 4 heteroatoms. The molecule has 1 aliphatic heterocycles. The highest BCUT2D eigenvalue weighted by atomic mass is 16.5. The van der Waals surface area contributed by atoms with Crippen LogP contribution in [-0.4, -0.2) is 33.7 Å². The largest absolute Gasteiger partial charge is 0.360 e. The van der Waals surface area contributed by atoms with Gasteiger partial charge in [0.2, 0.25) is 0 Å². The molecule has 2 aromatic rings. The highest BCUT2D eigenvalue weighted by Crippen LogP contribution is 2.31. The number of rotatable bonds is 4. The molecular formula is C20H25N3O. The van der Waals surface area contributed by atoms with Crippen molar-refractivity contribution in [2.75, 3.05) is 13.3 Å². The molecule has 0 amide bonds. The van der Waals surface area contributed by atoms with Crippen molar-refractivity contribution in [3.05, 3.63) is 41.9 Å². The van der Waals surface area contributed by atoms with Crippen LogP contribution in [0.4, 0.5) is 0 Å². The van der Waals surface area contributed by atoms with Gasteiger partial charge in [-0.15, -0.1) is 6.42 Å². The van der Waals surface area contributed by atoms with Gasteiger partial charge >= 0.3 is 0 Å². The van der Waals surface area contributed by atoms with Crippen molar-refractivity contribution in [1.82, 2.24) is 14.9 Å². The molecule has 0 radical (unpaired) electrons. The molecule has 2 heterocycles. The molecule has 1 atom stereocenters. The van der Waals surface area contributed by atoms with Crippen molar-refractivity contribution in [3.63, 3.8) is 0 Å². The lowest BCUT2D eigenvalue weighted by Gasteiger charge is -2.27. The van der Waals surface area contributed by atoms with Gasteiger partial charge in [0.05, 0.1) is 23.5 Å². The predicted octanol–water partition coefficient (Wildman–Crippen LogP) is 3.97. The Hall–Kier alpha value is -2.09. The molecule has 1 N–H and O–H groups in total. The van der Waals surface area contributed by atoms with Crippen molar-refractivity contribution in [2.45, 2.75) is 45.3 Å². The SMILES string of the molecule is C#Cc1ccc(-c2cnc([C@@H]3CCCN3COC(C)(C)C)[nH]2)cc1. The first kappa shape index (κ1) is 16.8. The van der Waals surface area contributed by atoms with E-state index in [2.05, 4.69) is 41.6 Å². The molecule has 0 bridgehead atoms. The number of aromatic amines is 1. The summed E-state index contributed by atoms with van der Waals surface area (Å²) in [6.45, 7) is 7.95. The molecule has 0 spiro atoms. The first-order valence-electron chi connectivity index (χ1n) is 8.46. The zero-order valence-electron chi connectivity index (χ0n) is 14.7. The fourth-order valence-corrected chi connectivity index (χ4v) is 2.97. The molecule has 1 aromatic heterocycles. The molecule has 1 fully saturated rings. The number of ether oxygens (including phenoxy) is 1. The van der Waals surface area contributed by atoms with Crippen LogP contribution in [0.3, 0.4) is 0 Å². The number of H-pyrrole nitrogens is 1. The summed E-state index contributed by atoms with van der Waals surface area (Å²) in [5.74, 6) is 3.66. The molecule has 1 aliphatic rings. The second-order valence-corrected chi connectivity index (χ2v) is 7.26. The third kappa shape index (κ3) is 3.87. The number of aromatic nitrogens is 2. The van der Waals surface area contributed by atoms with Crippen LogP contribution in [0, 0.1) is 12.3 Å². The molecule has 3 rings (SSSR count). The van der Waals surface area contributed by atoms with Crippen LogP contribution < -0.4 is 0 Å². The topological polar surface area (TPSA) is 41.2 Å².